The minimum absolute atomic E-state index is 0.182. The number of anilines is 1. The van der Waals surface area contributed by atoms with Crippen LogP contribution in [0.4, 0.5) is 5.82 Å². The van der Waals surface area contributed by atoms with Gasteiger partial charge >= 0.3 is 0 Å². The third kappa shape index (κ3) is 2.43. The van der Waals surface area contributed by atoms with Gasteiger partial charge < -0.3 is 15.4 Å². The lowest BCUT2D eigenvalue weighted by molar-refractivity contribution is 0.193. The van der Waals surface area contributed by atoms with E-state index in [4.69, 9.17) is 15.5 Å². The van der Waals surface area contributed by atoms with Crippen molar-refractivity contribution in [3.8, 4) is 0 Å². The molecule has 5 nitrogen and oxygen atoms in total. The number of hydrogen-bond donors (Lipinski definition) is 1. The molecule has 0 amide bonds. The molecule has 0 aliphatic carbocycles. The lowest BCUT2D eigenvalue weighted by atomic mass is 10.1. The number of nitrogens with two attached hydrogens (primary N) is 1. The van der Waals surface area contributed by atoms with Gasteiger partial charge in [0.1, 0.15) is 0 Å². The number of imidazole rings is 1. The van der Waals surface area contributed by atoms with Gasteiger partial charge in [0.05, 0.1) is 18.3 Å². The monoisotopic (exact) mass is 294 g/mol. The van der Waals surface area contributed by atoms with Crippen molar-refractivity contribution in [2.75, 3.05) is 25.2 Å². The van der Waals surface area contributed by atoms with Crippen LogP contribution in [0.5, 0.6) is 0 Å². The van der Waals surface area contributed by atoms with E-state index in [1.165, 1.54) is 5.69 Å². The van der Waals surface area contributed by atoms with Crippen LogP contribution in [-0.4, -0.2) is 41.7 Å². The van der Waals surface area contributed by atoms with Crippen LogP contribution in [0.1, 0.15) is 25.5 Å². The standard InChI is InChI=1S/C14H22N4OS/c1-3-10(15)8-12-13(16-14-18(12)5-7-20-14)17(2)11-4-6-19-9-11/h5,7,10-11H,3-4,6,8-9,15H2,1-2H3. The molecule has 3 heterocycles. The van der Waals surface area contributed by atoms with Crippen LogP contribution in [0.15, 0.2) is 11.6 Å². The first-order chi connectivity index (χ1) is 9.70. The van der Waals surface area contributed by atoms with E-state index < -0.39 is 0 Å². The molecule has 6 heteroatoms. The minimum Gasteiger partial charge on any atom is -0.379 e. The summed E-state index contributed by atoms with van der Waals surface area (Å²) in [6.45, 7) is 3.77. The van der Waals surface area contributed by atoms with Crippen molar-refractivity contribution >= 4 is 22.1 Å². The highest BCUT2D eigenvalue weighted by Gasteiger charge is 2.26. The second-order valence-electron chi connectivity index (χ2n) is 5.44. The zero-order valence-electron chi connectivity index (χ0n) is 12.1. The van der Waals surface area contributed by atoms with E-state index >= 15 is 0 Å². The fraction of sp³-hybridized carbons (Fsp3) is 0.643. The van der Waals surface area contributed by atoms with Gasteiger partial charge in [-0.15, -0.1) is 11.3 Å². The Hall–Kier alpha value is -1.11. The fourth-order valence-corrected chi connectivity index (χ4v) is 3.41. The van der Waals surface area contributed by atoms with E-state index in [-0.39, 0.29) is 6.04 Å². The van der Waals surface area contributed by atoms with Crippen molar-refractivity contribution in [1.82, 2.24) is 9.38 Å². The van der Waals surface area contributed by atoms with Crippen LogP contribution in [-0.2, 0) is 11.2 Å². The van der Waals surface area contributed by atoms with Crippen LogP contribution < -0.4 is 10.6 Å². The number of likely N-dealkylation sites (N-methyl/N-ethyl adjacent to an activating group) is 1. The van der Waals surface area contributed by atoms with Crippen LogP contribution in [0.2, 0.25) is 0 Å². The molecule has 0 spiro atoms. The molecule has 2 aromatic rings. The molecule has 0 aromatic carbocycles. The zero-order valence-corrected chi connectivity index (χ0v) is 12.9. The maximum Gasteiger partial charge on any atom is 0.195 e. The third-order valence-corrected chi connectivity index (χ3v) is 4.86. The van der Waals surface area contributed by atoms with Gasteiger partial charge in [-0.25, -0.2) is 4.98 Å². The first-order valence-electron chi connectivity index (χ1n) is 7.21. The van der Waals surface area contributed by atoms with E-state index in [1.54, 1.807) is 11.3 Å². The summed E-state index contributed by atoms with van der Waals surface area (Å²) in [4.78, 5) is 8.11. The molecule has 0 radical (unpaired) electrons. The summed E-state index contributed by atoms with van der Waals surface area (Å²) in [5.74, 6) is 1.07. The average molecular weight is 294 g/mol. The molecule has 0 saturated carbocycles. The second-order valence-corrected chi connectivity index (χ2v) is 6.31. The van der Waals surface area contributed by atoms with Crippen LogP contribution in [0, 0.1) is 0 Å². The van der Waals surface area contributed by atoms with Gasteiger partial charge in [-0.2, -0.15) is 0 Å². The Morgan fingerprint density at radius 1 is 1.65 bits per heavy atom. The SMILES string of the molecule is CCC(N)Cc1c(N(C)C2CCOC2)nc2sccn12. The van der Waals surface area contributed by atoms with Gasteiger partial charge in [-0.1, -0.05) is 6.92 Å². The Balaban J connectivity index is 1.95. The van der Waals surface area contributed by atoms with Gasteiger partial charge in [0.25, 0.3) is 0 Å². The van der Waals surface area contributed by atoms with Crippen LogP contribution in [0.3, 0.4) is 0 Å². The molecular formula is C14H22N4OS. The number of ether oxygens (including phenoxy) is 1. The molecule has 110 valence electrons. The molecule has 1 aliphatic rings. The summed E-state index contributed by atoms with van der Waals surface area (Å²) in [6, 6.07) is 0.609. The molecule has 3 rings (SSSR count). The molecule has 1 saturated heterocycles. The lowest BCUT2D eigenvalue weighted by Gasteiger charge is -2.24. The van der Waals surface area contributed by atoms with E-state index in [9.17, 15) is 0 Å². The Bertz CT molecular complexity index is 573. The second kappa shape index (κ2) is 5.71. The normalized spacial score (nSPS) is 20.6. The third-order valence-electron chi connectivity index (χ3n) is 4.11. The quantitative estimate of drug-likeness (QED) is 0.915. The Morgan fingerprint density at radius 3 is 3.20 bits per heavy atom. The smallest absolute Gasteiger partial charge is 0.195 e. The largest absolute Gasteiger partial charge is 0.379 e. The van der Waals surface area contributed by atoms with Crippen molar-refractivity contribution < 1.29 is 4.74 Å². The molecule has 20 heavy (non-hydrogen) atoms. The molecule has 2 atom stereocenters. The summed E-state index contributed by atoms with van der Waals surface area (Å²) < 4.78 is 7.68. The predicted molar refractivity (Wildman–Crippen MR) is 82.7 cm³/mol. The highest BCUT2D eigenvalue weighted by atomic mass is 32.1. The maximum atomic E-state index is 6.17. The number of rotatable bonds is 5. The Labute approximate surface area is 123 Å². The van der Waals surface area contributed by atoms with Gasteiger partial charge in [0.2, 0.25) is 0 Å². The predicted octanol–water partition coefficient (Wildman–Crippen LogP) is 1.90. The van der Waals surface area contributed by atoms with Gasteiger partial charge in [0, 0.05) is 37.7 Å². The lowest BCUT2D eigenvalue weighted by Crippen LogP contribution is -2.33. The van der Waals surface area contributed by atoms with Crippen molar-refractivity contribution in [1.29, 1.82) is 0 Å². The highest BCUT2D eigenvalue weighted by Crippen LogP contribution is 2.28. The van der Waals surface area contributed by atoms with E-state index in [0.29, 0.717) is 6.04 Å². The fourth-order valence-electron chi connectivity index (χ4n) is 2.69. The number of hydrogen-bond acceptors (Lipinski definition) is 5. The molecular weight excluding hydrogens is 272 g/mol. The number of thiazole rings is 1. The molecule has 2 unspecified atom stereocenters. The summed E-state index contributed by atoms with van der Waals surface area (Å²) in [5, 5.41) is 2.08. The zero-order chi connectivity index (χ0) is 14.1. The van der Waals surface area contributed by atoms with Gasteiger partial charge in [0.15, 0.2) is 10.8 Å². The molecule has 1 aliphatic heterocycles. The molecule has 1 fully saturated rings. The summed E-state index contributed by atoms with van der Waals surface area (Å²) in [5.41, 5.74) is 7.39. The summed E-state index contributed by atoms with van der Waals surface area (Å²) >= 11 is 1.67. The van der Waals surface area contributed by atoms with Crippen molar-refractivity contribution in [2.24, 2.45) is 5.73 Å². The van der Waals surface area contributed by atoms with Crippen molar-refractivity contribution in [2.45, 2.75) is 38.3 Å². The minimum atomic E-state index is 0.182. The van der Waals surface area contributed by atoms with E-state index in [0.717, 1.165) is 43.3 Å². The summed E-state index contributed by atoms with van der Waals surface area (Å²) in [6.07, 6.45) is 5.00. The molecule has 2 aromatic heterocycles. The number of nitrogens with zero attached hydrogens (tertiary/aromatic N) is 3. The topological polar surface area (TPSA) is 55.8 Å². The first-order valence-corrected chi connectivity index (χ1v) is 8.09. The molecule has 2 N–H and O–H groups in total. The number of fused-ring (bicyclic) bond motifs is 1. The van der Waals surface area contributed by atoms with Crippen molar-refractivity contribution in [3.63, 3.8) is 0 Å². The Kier molecular flexibility index (Phi) is 3.96. The first kappa shape index (κ1) is 13.9. The Morgan fingerprint density at radius 2 is 2.50 bits per heavy atom. The average Bonchev–Trinajstić information content (AvgIpc) is 3.15. The van der Waals surface area contributed by atoms with Crippen LogP contribution in [0.25, 0.3) is 4.96 Å². The maximum absolute atomic E-state index is 6.17. The summed E-state index contributed by atoms with van der Waals surface area (Å²) in [7, 11) is 2.12. The molecule has 0 bridgehead atoms. The number of aromatic nitrogens is 2. The van der Waals surface area contributed by atoms with E-state index in [2.05, 4.69) is 34.8 Å². The van der Waals surface area contributed by atoms with Gasteiger partial charge in [-0.3, -0.25) is 4.40 Å². The highest BCUT2D eigenvalue weighted by molar-refractivity contribution is 7.15. The van der Waals surface area contributed by atoms with Crippen LogP contribution >= 0.6 is 11.3 Å². The van der Waals surface area contributed by atoms with E-state index in [1.807, 2.05) is 0 Å². The van der Waals surface area contributed by atoms with Crippen molar-refractivity contribution in [3.05, 3.63) is 17.3 Å². The van der Waals surface area contributed by atoms with Gasteiger partial charge in [-0.05, 0) is 12.8 Å².